The maximum Gasteiger partial charge on any atom is 0.191 e. The highest BCUT2D eigenvalue weighted by Crippen LogP contribution is 2.21. The summed E-state index contributed by atoms with van der Waals surface area (Å²) in [5.74, 6) is 0.817. The number of hydrogen-bond donors (Lipinski definition) is 2. The van der Waals surface area contributed by atoms with Gasteiger partial charge in [0, 0.05) is 36.8 Å². The number of nitrogens with zero attached hydrogens (tertiary/aromatic N) is 1. The van der Waals surface area contributed by atoms with Crippen molar-refractivity contribution in [2.24, 2.45) is 4.99 Å². The first-order chi connectivity index (χ1) is 10.7. The normalized spacial score (nSPS) is 18.5. The van der Waals surface area contributed by atoms with E-state index in [9.17, 15) is 0 Å². The van der Waals surface area contributed by atoms with E-state index in [-0.39, 0.29) is 0 Å². The first-order valence-electron chi connectivity index (χ1n) is 7.69. The van der Waals surface area contributed by atoms with E-state index in [2.05, 4.69) is 15.6 Å². The fourth-order valence-corrected chi connectivity index (χ4v) is 2.95. The Bertz CT molecular complexity index is 502. The molecule has 1 heterocycles. The van der Waals surface area contributed by atoms with Crippen molar-refractivity contribution in [2.45, 2.75) is 31.8 Å². The maximum atomic E-state index is 6.17. The van der Waals surface area contributed by atoms with Crippen molar-refractivity contribution in [1.82, 2.24) is 10.6 Å². The van der Waals surface area contributed by atoms with Crippen LogP contribution < -0.4 is 10.6 Å². The van der Waals surface area contributed by atoms with Crippen molar-refractivity contribution in [3.8, 4) is 0 Å². The highest BCUT2D eigenvalue weighted by atomic mass is 35.5. The van der Waals surface area contributed by atoms with Crippen LogP contribution in [0, 0.1) is 0 Å². The van der Waals surface area contributed by atoms with Gasteiger partial charge in [0.15, 0.2) is 5.96 Å². The van der Waals surface area contributed by atoms with Crippen molar-refractivity contribution in [3.63, 3.8) is 0 Å². The molecule has 2 rings (SSSR count). The second-order valence-electron chi connectivity index (χ2n) is 5.35. The second-order valence-corrected chi connectivity index (χ2v) is 6.20. The van der Waals surface area contributed by atoms with Crippen molar-refractivity contribution in [3.05, 3.63) is 33.8 Å². The average molecular weight is 344 g/mol. The molecule has 0 aromatic heterocycles. The SMILES string of the molecule is CN=C(NCCCc1ccc(Cl)cc1Cl)NCC1CCCO1. The maximum absolute atomic E-state index is 6.17. The van der Waals surface area contributed by atoms with E-state index in [0.717, 1.165) is 61.9 Å². The Labute approximate surface area is 142 Å². The van der Waals surface area contributed by atoms with Gasteiger partial charge in [-0.2, -0.15) is 0 Å². The van der Waals surface area contributed by atoms with E-state index in [4.69, 9.17) is 27.9 Å². The first kappa shape index (κ1) is 17.4. The smallest absolute Gasteiger partial charge is 0.191 e. The topological polar surface area (TPSA) is 45.7 Å². The molecule has 122 valence electrons. The molecule has 0 spiro atoms. The molecule has 1 unspecified atom stereocenters. The van der Waals surface area contributed by atoms with Crippen molar-refractivity contribution < 1.29 is 4.74 Å². The minimum Gasteiger partial charge on any atom is -0.376 e. The summed E-state index contributed by atoms with van der Waals surface area (Å²) in [5, 5.41) is 8.01. The minimum absolute atomic E-state index is 0.312. The molecule has 22 heavy (non-hydrogen) atoms. The number of aryl methyl sites for hydroxylation is 1. The van der Waals surface area contributed by atoms with E-state index in [1.54, 1.807) is 13.1 Å². The van der Waals surface area contributed by atoms with Crippen LogP contribution in [-0.2, 0) is 11.2 Å². The Hall–Kier alpha value is -0.970. The van der Waals surface area contributed by atoms with Gasteiger partial charge in [-0.25, -0.2) is 0 Å². The van der Waals surface area contributed by atoms with Crippen LogP contribution in [0.4, 0.5) is 0 Å². The predicted molar refractivity (Wildman–Crippen MR) is 93.1 cm³/mol. The molecule has 0 bridgehead atoms. The number of rotatable bonds is 6. The molecular formula is C16H23Cl2N3O. The molecule has 1 aliphatic rings. The minimum atomic E-state index is 0.312. The summed E-state index contributed by atoms with van der Waals surface area (Å²) in [6.07, 6.45) is 4.47. The van der Waals surface area contributed by atoms with Crippen LogP contribution in [-0.4, -0.2) is 38.8 Å². The van der Waals surface area contributed by atoms with Crippen LogP contribution in [0.15, 0.2) is 23.2 Å². The molecule has 1 aliphatic heterocycles. The monoisotopic (exact) mass is 343 g/mol. The highest BCUT2D eigenvalue weighted by Gasteiger charge is 2.15. The van der Waals surface area contributed by atoms with Crippen LogP contribution in [0.1, 0.15) is 24.8 Å². The molecule has 1 atom stereocenters. The fraction of sp³-hybridized carbons (Fsp3) is 0.562. The van der Waals surface area contributed by atoms with Gasteiger partial charge in [-0.3, -0.25) is 4.99 Å². The van der Waals surface area contributed by atoms with Gasteiger partial charge in [-0.1, -0.05) is 29.3 Å². The van der Waals surface area contributed by atoms with Crippen molar-refractivity contribution in [1.29, 1.82) is 0 Å². The third-order valence-electron chi connectivity index (χ3n) is 3.68. The third kappa shape index (κ3) is 5.67. The van der Waals surface area contributed by atoms with Gasteiger partial charge < -0.3 is 15.4 Å². The Morgan fingerprint density at radius 3 is 2.91 bits per heavy atom. The van der Waals surface area contributed by atoms with Crippen LogP contribution in [0.3, 0.4) is 0 Å². The Balaban J connectivity index is 1.65. The third-order valence-corrected chi connectivity index (χ3v) is 4.26. The summed E-state index contributed by atoms with van der Waals surface area (Å²) in [5.41, 5.74) is 1.12. The van der Waals surface area contributed by atoms with Crippen molar-refractivity contribution >= 4 is 29.2 Å². The van der Waals surface area contributed by atoms with Crippen molar-refractivity contribution in [2.75, 3.05) is 26.7 Å². The van der Waals surface area contributed by atoms with Gasteiger partial charge in [0.25, 0.3) is 0 Å². The predicted octanol–water partition coefficient (Wildman–Crippen LogP) is 3.27. The molecule has 1 aromatic carbocycles. The van der Waals surface area contributed by atoms with Gasteiger partial charge in [0.2, 0.25) is 0 Å². The lowest BCUT2D eigenvalue weighted by molar-refractivity contribution is 0.114. The van der Waals surface area contributed by atoms with Crippen LogP contribution in [0.25, 0.3) is 0 Å². The molecule has 0 amide bonds. The number of halogens is 2. The highest BCUT2D eigenvalue weighted by molar-refractivity contribution is 6.35. The zero-order valence-electron chi connectivity index (χ0n) is 12.9. The summed E-state index contributed by atoms with van der Waals surface area (Å²) in [6.45, 7) is 2.52. The summed E-state index contributed by atoms with van der Waals surface area (Å²) < 4.78 is 5.58. The molecule has 0 saturated carbocycles. The quantitative estimate of drug-likeness (QED) is 0.473. The standard InChI is InChI=1S/C16H23Cl2N3O/c1-19-16(21-11-14-5-3-9-22-14)20-8-2-4-12-6-7-13(17)10-15(12)18/h6-7,10,14H,2-5,8-9,11H2,1H3,(H2,19,20,21). The number of hydrogen-bond acceptors (Lipinski definition) is 2. The molecule has 4 nitrogen and oxygen atoms in total. The number of aliphatic imine (C=N–C) groups is 1. The number of guanidine groups is 1. The zero-order chi connectivity index (χ0) is 15.8. The van der Waals surface area contributed by atoms with Crippen LogP contribution in [0.5, 0.6) is 0 Å². The first-order valence-corrected chi connectivity index (χ1v) is 8.44. The molecule has 2 N–H and O–H groups in total. The van der Waals surface area contributed by atoms with Gasteiger partial charge >= 0.3 is 0 Å². The van der Waals surface area contributed by atoms with E-state index in [1.807, 2.05) is 12.1 Å². The Morgan fingerprint density at radius 2 is 2.23 bits per heavy atom. The Kier molecular flexibility index (Phi) is 7.30. The lowest BCUT2D eigenvalue weighted by Gasteiger charge is -2.15. The number of nitrogens with one attached hydrogen (secondary N) is 2. The van der Waals surface area contributed by atoms with Gasteiger partial charge in [0.1, 0.15) is 0 Å². The second kappa shape index (κ2) is 9.23. The largest absolute Gasteiger partial charge is 0.376 e. The van der Waals surface area contributed by atoms with E-state index >= 15 is 0 Å². The van der Waals surface area contributed by atoms with Gasteiger partial charge in [-0.15, -0.1) is 0 Å². The number of benzene rings is 1. The van der Waals surface area contributed by atoms with E-state index in [0.29, 0.717) is 11.1 Å². The average Bonchev–Trinajstić information content (AvgIpc) is 3.01. The molecule has 0 aliphatic carbocycles. The van der Waals surface area contributed by atoms with Gasteiger partial charge in [0.05, 0.1) is 6.10 Å². The Morgan fingerprint density at radius 1 is 1.36 bits per heavy atom. The van der Waals surface area contributed by atoms with Crippen LogP contribution in [0.2, 0.25) is 10.0 Å². The zero-order valence-corrected chi connectivity index (χ0v) is 14.4. The summed E-state index contributed by atoms with van der Waals surface area (Å²) in [6, 6.07) is 5.64. The molecular weight excluding hydrogens is 321 g/mol. The molecule has 1 fully saturated rings. The van der Waals surface area contributed by atoms with E-state index in [1.165, 1.54) is 0 Å². The number of ether oxygens (including phenoxy) is 1. The van der Waals surface area contributed by atoms with Crippen LogP contribution >= 0.6 is 23.2 Å². The fourth-order valence-electron chi connectivity index (χ4n) is 2.45. The summed E-state index contributed by atoms with van der Waals surface area (Å²) in [7, 11) is 1.78. The lowest BCUT2D eigenvalue weighted by atomic mass is 10.1. The molecule has 1 aromatic rings. The van der Waals surface area contributed by atoms with Gasteiger partial charge in [-0.05, 0) is 43.4 Å². The molecule has 6 heteroatoms. The van der Waals surface area contributed by atoms with E-state index < -0.39 is 0 Å². The summed E-state index contributed by atoms with van der Waals surface area (Å²) in [4.78, 5) is 4.22. The lowest BCUT2D eigenvalue weighted by Crippen LogP contribution is -2.41. The summed E-state index contributed by atoms with van der Waals surface area (Å²) >= 11 is 12.1. The molecule has 1 saturated heterocycles. The molecule has 0 radical (unpaired) electrons.